The van der Waals surface area contributed by atoms with E-state index in [4.69, 9.17) is 11.8 Å². The number of rotatable bonds is 12. The molecule has 1 heterocycles. The number of hydrogen-bond donors (Lipinski definition) is 0. The number of likely N-dealkylation sites (tertiary alicyclic amines) is 1. The van der Waals surface area contributed by atoms with Gasteiger partial charge in [0.2, 0.25) is 0 Å². The zero-order chi connectivity index (χ0) is 16.5. The molecule has 1 aliphatic heterocycles. The maximum absolute atomic E-state index is 6.25. The average molecular weight is 309 g/mol. The van der Waals surface area contributed by atoms with Crippen LogP contribution >= 0.6 is 0 Å². The van der Waals surface area contributed by atoms with E-state index in [1.807, 2.05) is 0 Å². The minimum atomic E-state index is 1.37. The highest BCUT2D eigenvalue weighted by Crippen LogP contribution is 2.21. The highest BCUT2D eigenvalue weighted by Gasteiger charge is 2.27. The average Bonchev–Trinajstić information content (AvgIpc) is 2.56. The van der Waals surface area contributed by atoms with Crippen molar-refractivity contribution >= 4 is 0 Å². The van der Waals surface area contributed by atoms with E-state index in [-0.39, 0.29) is 0 Å². The predicted octanol–water partition coefficient (Wildman–Crippen LogP) is 6.02. The molecule has 130 valence electrons. The SMILES string of the molecule is CCCCCCCCCCC[N+]1(CCC)CCCCC1.[C-]#N. The van der Waals surface area contributed by atoms with Gasteiger partial charge in [-0.15, -0.1) is 0 Å². The van der Waals surface area contributed by atoms with E-state index >= 15 is 0 Å². The maximum atomic E-state index is 6.25. The normalized spacial score (nSPS) is 16.7. The van der Waals surface area contributed by atoms with Crippen molar-refractivity contribution in [1.29, 1.82) is 5.26 Å². The van der Waals surface area contributed by atoms with Crippen LogP contribution in [0.4, 0.5) is 0 Å². The first-order valence-electron chi connectivity index (χ1n) is 9.90. The summed E-state index contributed by atoms with van der Waals surface area (Å²) in [4.78, 5) is 0. The summed E-state index contributed by atoms with van der Waals surface area (Å²) in [7, 11) is 0. The standard InChI is InChI=1S/C19H40N.CN/c1-3-5-6-7-8-9-10-11-13-17-20(16-4-2)18-14-12-15-19-20;1-2/h3-19H2,1-2H3;/q+1;-1. The van der Waals surface area contributed by atoms with Crippen molar-refractivity contribution in [2.24, 2.45) is 0 Å². The molecule has 2 nitrogen and oxygen atoms in total. The Bertz CT molecular complexity index is 236. The summed E-state index contributed by atoms with van der Waals surface area (Å²) in [6.07, 6.45) is 19.0. The second-order valence-corrected chi connectivity index (χ2v) is 7.13. The van der Waals surface area contributed by atoms with Gasteiger partial charge >= 0.3 is 0 Å². The van der Waals surface area contributed by atoms with Gasteiger partial charge in [0.25, 0.3) is 0 Å². The molecule has 0 aromatic carbocycles. The van der Waals surface area contributed by atoms with Gasteiger partial charge in [-0.2, -0.15) is 0 Å². The van der Waals surface area contributed by atoms with E-state index in [0.717, 1.165) is 0 Å². The Morgan fingerprint density at radius 2 is 1.14 bits per heavy atom. The van der Waals surface area contributed by atoms with E-state index < -0.39 is 0 Å². The number of unbranched alkanes of at least 4 members (excludes halogenated alkanes) is 8. The Hall–Kier alpha value is -0.550. The Labute approximate surface area is 140 Å². The van der Waals surface area contributed by atoms with Crippen LogP contribution in [0.25, 0.3) is 0 Å². The Balaban J connectivity index is 0.00000211. The number of piperidine rings is 1. The van der Waals surface area contributed by atoms with Gasteiger partial charge in [0, 0.05) is 0 Å². The molecule has 0 bridgehead atoms. The molecule has 0 atom stereocenters. The summed E-state index contributed by atoms with van der Waals surface area (Å²) in [5.74, 6) is 0. The lowest BCUT2D eigenvalue weighted by molar-refractivity contribution is -0.932. The van der Waals surface area contributed by atoms with Crippen LogP contribution in [0.3, 0.4) is 0 Å². The topological polar surface area (TPSA) is 23.8 Å². The van der Waals surface area contributed by atoms with Crippen molar-refractivity contribution in [3.63, 3.8) is 0 Å². The lowest BCUT2D eigenvalue weighted by Crippen LogP contribution is -2.52. The molecule has 0 aromatic heterocycles. The van der Waals surface area contributed by atoms with Gasteiger partial charge in [-0.25, -0.2) is 0 Å². The molecule has 0 radical (unpaired) electrons. The molecule has 1 fully saturated rings. The molecule has 1 aliphatic rings. The molecular formula is C20H40N2. The first kappa shape index (κ1) is 21.4. The molecular weight excluding hydrogens is 268 g/mol. The van der Waals surface area contributed by atoms with Crippen LogP contribution in [-0.4, -0.2) is 30.7 Å². The van der Waals surface area contributed by atoms with Crippen LogP contribution in [0.5, 0.6) is 0 Å². The maximum Gasteiger partial charge on any atom is 0.0786 e. The zero-order valence-corrected chi connectivity index (χ0v) is 15.4. The molecule has 22 heavy (non-hydrogen) atoms. The molecule has 2 heteroatoms. The van der Waals surface area contributed by atoms with Crippen LogP contribution in [0, 0.1) is 11.8 Å². The van der Waals surface area contributed by atoms with Gasteiger partial charge in [0.1, 0.15) is 0 Å². The highest BCUT2D eigenvalue weighted by molar-refractivity contribution is 4.55. The van der Waals surface area contributed by atoms with Crippen molar-refractivity contribution in [2.75, 3.05) is 26.2 Å². The minimum absolute atomic E-state index is 1.37. The minimum Gasteiger partial charge on any atom is -0.512 e. The third-order valence-corrected chi connectivity index (χ3v) is 5.20. The molecule has 0 aliphatic carbocycles. The fourth-order valence-electron chi connectivity index (χ4n) is 3.97. The van der Waals surface area contributed by atoms with Crippen LogP contribution in [-0.2, 0) is 0 Å². The van der Waals surface area contributed by atoms with Crippen molar-refractivity contribution in [1.82, 2.24) is 0 Å². The molecule has 0 spiro atoms. The van der Waals surface area contributed by atoms with Crippen molar-refractivity contribution < 1.29 is 4.48 Å². The third kappa shape index (κ3) is 10.2. The summed E-state index contributed by atoms with van der Waals surface area (Å²) in [5, 5.41) is 6.25. The molecule has 0 amide bonds. The molecule has 1 rings (SSSR count). The van der Waals surface area contributed by atoms with Crippen molar-refractivity contribution in [2.45, 2.75) is 97.3 Å². The summed E-state index contributed by atoms with van der Waals surface area (Å²) in [5.41, 5.74) is 0. The van der Waals surface area contributed by atoms with E-state index in [1.165, 1.54) is 114 Å². The molecule has 0 N–H and O–H groups in total. The predicted molar refractivity (Wildman–Crippen MR) is 96.1 cm³/mol. The number of hydrogen-bond acceptors (Lipinski definition) is 1. The Morgan fingerprint density at radius 3 is 1.64 bits per heavy atom. The fraction of sp³-hybridized carbons (Fsp3) is 0.950. The lowest BCUT2D eigenvalue weighted by atomic mass is 10.0. The zero-order valence-electron chi connectivity index (χ0n) is 15.4. The Kier molecular flexibility index (Phi) is 15.0. The molecule has 1 saturated heterocycles. The van der Waals surface area contributed by atoms with Gasteiger partial charge in [-0.1, -0.05) is 58.8 Å². The van der Waals surface area contributed by atoms with Crippen LogP contribution in [0.15, 0.2) is 0 Å². The largest absolute Gasteiger partial charge is 0.512 e. The van der Waals surface area contributed by atoms with E-state index in [0.29, 0.717) is 0 Å². The lowest BCUT2D eigenvalue weighted by Gasteiger charge is -2.41. The van der Waals surface area contributed by atoms with Crippen molar-refractivity contribution in [3.05, 3.63) is 6.57 Å². The first-order valence-corrected chi connectivity index (χ1v) is 9.90. The van der Waals surface area contributed by atoms with Gasteiger partial charge in [-0.3, -0.25) is 0 Å². The van der Waals surface area contributed by atoms with Crippen LogP contribution in [0.2, 0.25) is 0 Å². The number of quaternary nitrogens is 1. The highest BCUT2D eigenvalue weighted by atomic mass is 15.3. The second kappa shape index (κ2) is 15.3. The van der Waals surface area contributed by atoms with Gasteiger partial charge in [0.15, 0.2) is 0 Å². The van der Waals surface area contributed by atoms with E-state index in [9.17, 15) is 0 Å². The smallest absolute Gasteiger partial charge is 0.0786 e. The second-order valence-electron chi connectivity index (χ2n) is 7.13. The van der Waals surface area contributed by atoms with Crippen LogP contribution in [0.1, 0.15) is 97.3 Å². The van der Waals surface area contributed by atoms with Gasteiger partial charge < -0.3 is 16.3 Å². The van der Waals surface area contributed by atoms with Gasteiger partial charge in [-0.05, 0) is 38.5 Å². The summed E-state index contributed by atoms with van der Waals surface area (Å²) < 4.78 is 1.47. The quantitative estimate of drug-likeness (QED) is 0.245. The number of nitrogens with zero attached hydrogens (tertiary/aromatic N) is 2. The molecule has 0 saturated carbocycles. The summed E-state index contributed by atoms with van der Waals surface area (Å²) in [6.45, 7) is 15.3. The Morgan fingerprint density at radius 1 is 0.636 bits per heavy atom. The van der Waals surface area contributed by atoms with E-state index in [1.54, 1.807) is 0 Å². The molecule has 0 unspecified atom stereocenters. The third-order valence-electron chi connectivity index (χ3n) is 5.20. The van der Waals surface area contributed by atoms with Crippen molar-refractivity contribution in [3.8, 4) is 0 Å². The first-order chi connectivity index (χ1) is 10.8. The molecule has 0 aromatic rings. The summed E-state index contributed by atoms with van der Waals surface area (Å²) in [6, 6.07) is 0. The van der Waals surface area contributed by atoms with Gasteiger partial charge in [0.05, 0.1) is 26.2 Å². The fourth-order valence-corrected chi connectivity index (χ4v) is 3.97. The van der Waals surface area contributed by atoms with Crippen LogP contribution < -0.4 is 0 Å². The van der Waals surface area contributed by atoms with E-state index in [2.05, 4.69) is 13.8 Å². The monoisotopic (exact) mass is 308 g/mol. The summed E-state index contributed by atoms with van der Waals surface area (Å²) >= 11 is 0.